The molecule has 2 atom stereocenters. The fourth-order valence-electron chi connectivity index (χ4n) is 1.98. The number of likely N-dealkylation sites (N-methyl/N-ethyl adjacent to an activating group) is 1. The third-order valence-electron chi connectivity index (χ3n) is 3.04. The number of likely N-dealkylation sites (tertiary alicyclic amines) is 1. The maximum atomic E-state index is 12.2. The molecule has 19 heavy (non-hydrogen) atoms. The number of β-amino-alcohol motifs (C(OH)–C–C–N with tert-alkyl or cyclic N) is 1. The van der Waals surface area contributed by atoms with Crippen LogP contribution in [-0.4, -0.2) is 64.8 Å². The fraction of sp³-hybridized carbons (Fsp3) is 0.846. The zero-order valence-corrected chi connectivity index (χ0v) is 12.3. The molecular formula is C13H24N2O4. The molecule has 2 amide bonds. The lowest BCUT2D eigenvalue weighted by molar-refractivity contribution is -0.134. The molecule has 0 aromatic heterocycles. The lowest BCUT2D eigenvalue weighted by Gasteiger charge is -2.29. The van der Waals surface area contributed by atoms with Crippen molar-refractivity contribution in [3.8, 4) is 0 Å². The monoisotopic (exact) mass is 272 g/mol. The van der Waals surface area contributed by atoms with Gasteiger partial charge in [-0.25, -0.2) is 4.79 Å². The molecule has 1 aliphatic rings. The van der Waals surface area contributed by atoms with Gasteiger partial charge >= 0.3 is 6.09 Å². The molecule has 0 aromatic rings. The molecule has 0 bridgehead atoms. The van der Waals surface area contributed by atoms with Crippen LogP contribution in [0, 0.1) is 0 Å². The number of carbonyl (C=O) groups is 2. The van der Waals surface area contributed by atoms with Crippen LogP contribution in [-0.2, 0) is 9.53 Å². The first-order valence-electron chi connectivity index (χ1n) is 6.58. The molecule has 0 aliphatic carbocycles. The second-order valence-electron chi connectivity index (χ2n) is 5.89. The van der Waals surface area contributed by atoms with Gasteiger partial charge in [0.15, 0.2) is 0 Å². The van der Waals surface area contributed by atoms with Gasteiger partial charge in [-0.15, -0.1) is 0 Å². The van der Waals surface area contributed by atoms with Crippen LogP contribution in [0.15, 0.2) is 0 Å². The highest BCUT2D eigenvalue weighted by Gasteiger charge is 2.41. The molecule has 0 unspecified atom stereocenters. The van der Waals surface area contributed by atoms with Crippen molar-refractivity contribution in [2.45, 2.75) is 51.9 Å². The molecule has 1 fully saturated rings. The van der Waals surface area contributed by atoms with Gasteiger partial charge in [-0.3, -0.25) is 9.69 Å². The number of hydrogen-bond donors (Lipinski definition) is 1. The van der Waals surface area contributed by atoms with Crippen molar-refractivity contribution in [3.05, 3.63) is 0 Å². The summed E-state index contributed by atoms with van der Waals surface area (Å²) in [6, 6.07) is -0.630. The van der Waals surface area contributed by atoms with E-state index in [1.165, 1.54) is 4.90 Å². The number of nitrogens with zero attached hydrogens (tertiary/aromatic N) is 2. The zero-order valence-electron chi connectivity index (χ0n) is 12.3. The average Bonchev–Trinajstić information content (AvgIpc) is 2.67. The summed E-state index contributed by atoms with van der Waals surface area (Å²) < 4.78 is 5.27. The largest absolute Gasteiger partial charge is 0.444 e. The lowest BCUT2D eigenvalue weighted by Crippen LogP contribution is -2.48. The van der Waals surface area contributed by atoms with Crippen LogP contribution in [0.4, 0.5) is 4.79 Å². The Balaban J connectivity index is 2.80. The van der Waals surface area contributed by atoms with Crippen LogP contribution in [0.25, 0.3) is 0 Å². The van der Waals surface area contributed by atoms with Gasteiger partial charge in [-0.2, -0.15) is 0 Å². The molecule has 0 aromatic carbocycles. The first-order chi connectivity index (χ1) is 8.65. The van der Waals surface area contributed by atoms with E-state index in [1.54, 1.807) is 32.7 Å². The van der Waals surface area contributed by atoms with Crippen LogP contribution in [0.5, 0.6) is 0 Å². The Kier molecular flexibility index (Phi) is 4.79. The molecule has 0 spiro atoms. The third-order valence-corrected chi connectivity index (χ3v) is 3.04. The number of hydrogen-bond acceptors (Lipinski definition) is 4. The topological polar surface area (TPSA) is 70.1 Å². The quantitative estimate of drug-likeness (QED) is 0.808. The predicted molar refractivity (Wildman–Crippen MR) is 70.7 cm³/mol. The van der Waals surface area contributed by atoms with Gasteiger partial charge in [0.1, 0.15) is 11.6 Å². The van der Waals surface area contributed by atoms with E-state index < -0.39 is 23.8 Å². The minimum Gasteiger partial charge on any atom is -0.444 e. The molecule has 6 heteroatoms. The fourth-order valence-corrected chi connectivity index (χ4v) is 1.98. The number of aliphatic hydroxyl groups is 1. The Bertz CT molecular complexity index is 351. The van der Waals surface area contributed by atoms with E-state index in [2.05, 4.69) is 0 Å². The van der Waals surface area contributed by atoms with Crippen molar-refractivity contribution in [1.29, 1.82) is 0 Å². The van der Waals surface area contributed by atoms with Crippen molar-refractivity contribution in [3.63, 3.8) is 0 Å². The summed E-state index contributed by atoms with van der Waals surface area (Å²) in [5, 5.41) is 9.70. The van der Waals surface area contributed by atoms with E-state index in [9.17, 15) is 14.7 Å². The zero-order chi connectivity index (χ0) is 14.8. The van der Waals surface area contributed by atoms with E-state index in [-0.39, 0.29) is 18.9 Å². The predicted octanol–water partition coefficient (Wildman–Crippen LogP) is 0.835. The maximum Gasteiger partial charge on any atom is 0.411 e. The minimum absolute atomic E-state index is 0.142. The Labute approximate surface area is 114 Å². The first kappa shape index (κ1) is 15.8. The summed E-state index contributed by atoms with van der Waals surface area (Å²) >= 11 is 0. The summed E-state index contributed by atoms with van der Waals surface area (Å²) in [4.78, 5) is 27.1. The molecule has 1 heterocycles. The smallest absolute Gasteiger partial charge is 0.411 e. The Hall–Kier alpha value is -1.30. The average molecular weight is 272 g/mol. The highest BCUT2D eigenvalue weighted by Crippen LogP contribution is 2.22. The first-order valence-corrected chi connectivity index (χ1v) is 6.58. The van der Waals surface area contributed by atoms with Crippen LogP contribution >= 0.6 is 0 Å². The number of rotatable bonds is 2. The SMILES string of the molecule is CCN(C)C(=O)[C@@H]1C[C@@H](O)CN1C(=O)OC(C)(C)C. The van der Waals surface area contributed by atoms with Gasteiger partial charge in [0.25, 0.3) is 0 Å². The van der Waals surface area contributed by atoms with E-state index in [1.807, 2.05) is 6.92 Å². The van der Waals surface area contributed by atoms with Crippen molar-refractivity contribution in [2.75, 3.05) is 20.1 Å². The maximum absolute atomic E-state index is 12.2. The minimum atomic E-state index is -0.674. The number of ether oxygens (including phenoxy) is 1. The van der Waals surface area contributed by atoms with E-state index in [4.69, 9.17) is 4.74 Å². The standard InChI is InChI=1S/C13H24N2O4/c1-6-14(5)11(17)10-7-9(16)8-15(10)12(18)19-13(2,3)4/h9-10,16H,6-8H2,1-5H3/t9-,10+/m1/s1. The molecule has 1 rings (SSSR count). The molecule has 1 aliphatic heterocycles. The van der Waals surface area contributed by atoms with Crippen LogP contribution in [0.1, 0.15) is 34.1 Å². The molecule has 110 valence electrons. The van der Waals surface area contributed by atoms with Crippen molar-refractivity contribution in [2.24, 2.45) is 0 Å². The lowest BCUT2D eigenvalue weighted by atomic mass is 10.1. The molecule has 0 saturated carbocycles. The van der Waals surface area contributed by atoms with E-state index in [0.717, 1.165) is 0 Å². The number of carbonyl (C=O) groups excluding carboxylic acids is 2. The molecule has 1 N–H and O–H groups in total. The molecular weight excluding hydrogens is 248 g/mol. The third kappa shape index (κ3) is 4.09. The number of aliphatic hydroxyl groups excluding tert-OH is 1. The van der Waals surface area contributed by atoms with Gasteiger partial charge in [0, 0.05) is 20.0 Å². The number of amides is 2. The molecule has 0 radical (unpaired) electrons. The second-order valence-corrected chi connectivity index (χ2v) is 5.89. The Morgan fingerprint density at radius 2 is 2.00 bits per heavy atom. The summed E-state index contributed by atoms with van der Waals surface area (Å²) in [7, 11) is 1.68. The summed E-state index contributed by atoms with van der Waals surface area (Å²) in [5.74, 6) is -0.162. The van der Waals surface area contributed by atoms with Crippen LogP contribution < -0.4 is 0 Å². The van der Waals surface area contributed by atoms with E-state index >= 15 is 0 Å². The van der Waals surface area contributed by atoms with Gasteiger partial charge in [0.2, 0.25) is 5.91 Å². The summed E-state index contributed by atoms with van der Waals surface area (Å²) in [6.07, 6.45) is -0.957. The van der Waals surface area contributed by atoms with Crippen molar-refractivity contribution >= 4 is 12.0 Å². The van der Waals surface area contributed by atoms with Crippen molar-refractivity contribution < 1.29 is 19.4 Å². The van der Waals surface area contributed by atoms with Gasteiger partial charge < -0.3 is 14.7 Å². The van der Waals surface area contributed by atoms with Crippen LogP contribution in [0.3, 0.4) is 0 Å². The second kappa shape index (κ2) is 5.77. The van der Waals surface area contributed by atoms with Gasteiger partial charge in [-0.1, -0.05) is 0 Å². The van der Waals surface area contributed by atoms with Gasteiger partial charge in [-0.05, 0) is 27.7 Å². The highest BCUT2D eigenvalue weighted by molar-refractivity contribution is 5.86. The van der Waals surface area contributed by atoms with Crippen LogP contribution in [0.2, 0.25) is 0 Å². The molecule has 6 nitrogen and oxygen atoms in total. The normalized spacial score (nSPS) is 23.4. The van der Waals surface area contributed by atoms with Crippen molar-refractivity contribution in [1.82, 2.24) is 9.80 Å². The summed E-state index contributed by atoms with van der Waals surface area (Å²) in [5.41, 5.74) is -0.616. The summed E-state index contributed by atoms with van der Waals surface area (Å²) in [6.45, 7) is 7.88. The Morgan fingerprint density at radius 1 is 1.42 bits per heavy atom. The Morgan fingerprint density at radius 3 is 2.47 bits per heavy atom. The molecule has 1 saturated heterocycles. The van der Waals surface area contributed by atoms with Gasteiger partial charge in [0.05, 0.1) is 12.6 Å². The van der Waals surface area contributed by atoms with E-state index in [0.29, 0.717) is 6.54 Å². The highest BCUT2D eigenvalue weighted by atomic mass is 16.6.